The summed E-state index contributed by atoms with van der Waals surface area (Å²) in [6.45, 7) is 1.95. The molecule has 1 aliphatic carbocycles. The molecule has 0 aromatic rings. The van der Waals surface area contributed by atoms with Crippen LogP contribution in [0.3, 0.4) is 0 Å². The minimum atomic E-state index is -1.14. The van der Waals surface area contributed by atoms with Crippen molar-refractivity contribution < 1.29 is 9.90 Å². The fourth-order valence-electron chi connectivity index (χ4n) is 1.40. The normalized spacial score (nSPS) is 30.6. The van der Waals surface area contributed by atoms with E-state index < -0.39 is 16.8 Å². The molecule has 0 bridgehead atoms. The van der Waals surface area contributed by atoms with Crippen molar-refractivity contribution in [3.8, 4) is 0 Å². The lowest BCUT2D eigenvalue weighted by atomic mass is 9.86. The minimum Gasteiger partial charge on any atom is -0.481 e. The molecule has 0 amide bonds. The van der Waals surface area contributed by atoms with Gasteiger partial charge in [-0.1, -0.05) is 42.8 Å². The summed E-state index contributed by atoms with van der Waals surface area (Å²) in [4.78, 5) is 9.88. The number of hydrogen-bond donors (Lipinski definition) is 1. The van der Waals surface area contributed by atoms with Crippen LogP contribution >= 0.6 is 23.2 Å². The van der Waals surface area contributed by atoms with Crippen molar-refractivity contribution in [1.29, 1.82) is 0 Å². The van der Waals surface area contributed by atoms with Gasteiger partial charge < -0.3 is 5.11 Å². The molecule has 2 nitrogen and oxygen atoms in total. The summed E-state index contributed by atoms with van der Waals surface area (Å²) in [6, 6.07) is 0. The highest BCUT2D eigenvalue weighted by atomic mass is 35.5. The number of allylic oxidation sites excluding steroid dienone is 5. The summed E-state index contributed by atoms with van der Waals surface area (Å²) >= 11 is 12.2. The van der Waals surface area contributed by atoms with Crippen molar-refractivity contribution in [2.45, 2.75) is 18.2 Å². The molecule has 0 aromatic carbocycles. The van der Waals surface area contributed by atoms with E-state index in [9.17, 15) is 4.79 Å². The predicted octanol–water partition coefficient (Wildman–Crippen LogP) is 3.32. The van der Waals surface area contributed by atoms with E-state index in [2.05, 4.69) is 0 Å². The van der Waals surface area contributed by atoms with Crippen LogP contribution in [0.15, 0.2) is 35.4 Å². The average molecular weight is 247 g/mol. The summed E-state index contributed by atoms with van der Waals surface area (Å²) in [5, 5.41) is 9.37. The second kappa shape index (κ2) is 4.86. The van der Waals surface area contributed by atoms with Crippen molar-refractivity contribution >= 4 is 29.2 Å². The van der Waals surface area contributed by atoms with Crippen molar-refractivity contribution in [2.75, 3.05) is 0 Å². The molecule has 1 N–H and O–H groups in total. The number of carboxylic acid groups (broad SMARTS) is 1. The van der Waals surface area contributed by atoms with Gasteiger partial charge in [0.15, 0.2) is 0 Å². The molecule has 4 heteroatoms. The van der Waals surface area contributed by atoms with E-state index in [1.807, 2.05) is 13.0 Å². The molecule has 0 aromatic heterocycles. The fourth-order valence-corrected chi connectivity index (χ4v) is 1.97. The highest BCUT2D eigenvalue weighted by Gasteiger charge is 2.42. The smallest absolute Gasteiger partial charge is 0.312 e. The molecule has 82 valence electrons. The molecule has 0 heterocycles. The highest BCUT2D eigenvalue weighted by Crippen LogP contribution is 2.41. The van der Waals surface area contributed by atoms with Gasteiger partial charge in [0.25, 0.3) is 0 Å². The van der Waals surface area contributed by atoms with Gasteiger partial charge in [0.2, 0.25) is 0 Å². The van der Waals surface area contributed by atoms with Crippen LogP contribution in [-0.2, 0) is 4.79 Å². The molecule has 1 rings (SSSR count). The number of alkyl halides is 1. The fraction of sp³-hybridized carbons (Fsp3) is 0.364. The zero-order valence-corrected chi connectivity index (χ0v) is 9.79. The summed E-state index contributed by atoms with van der Waals surface area (Å²) in [6.07, 6.45) is 9.03. The van der Waals surface area contributed by atoms with Crippen LogP contribution in [0.5, 0.6) is 0 Å². The van der Waals surface area contributed by atoms with Gasteiger partial charge in [-0.15, -0.1) is 11.6 Å². The van der Waals surface area contributed by atoms with Crippen LogP contribution in [-0.4, -0.2) is 16.0 Å². The van der Waals surface area contributed by atoms with Crippen molar-refractivity contribution in [3.63, 3.8) is 0 Å². The molecule has 0 saturated carbocycles. The van der Waals surface area contributed by atoms with E-state index in [1.165, 1.54) is 0 Å². The van der Waals surface area contributed by atoms with E-state index in [0.29, 0.717) is 5.03 Å². The van der Waals surface area contributed by atoms with Gasteiger partial charge in [0.1, 0.15) is 10.8 Å². The molecule has 0 radical (unpaired) electrons. The summed E-state index contributed by atoms with van der Waals surface area (Å²) in [7, 11) is 0. The number of carboxylic acids is 1. The largest absolute Gasteiger partial charge is 0.481 e. The molecule has 0 spiro atoms. The number of carbonyl (C=O) groups is 1. The maximum atomic E-state index is 11.0. The van der Waals surface area contributed by atoms with Gasteiger partial charge in [0.05, 0.1) is 0 Å². The number of halogens is 2. The van der Waals surface area contributed by atoms with Gasteiger partial charge in [-0.05, 0) is 12.5 Å². The molecular formula is C11H12Cl2O2. The zero-order chi connectivity index (χ0) is 11.5. The van der Waals surface area contributed by atoms with Crippen LogP contribution in [0.2, 0.25) is 0 Å². The topological polar surface area (TPSA) is 37.3 Å². The first-order valence-electron chi connectivity index (χ1n) is 4.66. The van der Waals surface area contributed by atoms with Crippen LogP contribution in [0.4, 0.5) is 0 Å². The van der Waals surface area contributed by atoms with Crippen LogP contribution in [0.25, 0.3) is 0 Å². The quantitative estimate of drug-likeness (QED) is 0.613. The van der Waals surface area contributed by atoms with Gasteiger partial charge in [-0.25, -0.2) is 0 Å². The first-order valence-corrected chi connectivity index (χ1v) is 5.42. The Labute approximate surface area is 98.9 Å². The standard InChI is InChI=1S/C11H12Cl2O2/c1-2-3-7-11(13)8(10(14)15)5-4-6-9(11)12/h3-8H,2H2,1H3,(H,14,15). The summed E-state index contributed by atoms with van der Waals surface area (Å²) in [5.41, 5.74) is 0. The molecule has 0 saturated heterocycles. The SMILES string of the molecule is CCC=CC1(Cl)C(Cl)=CC=CC1C(=O)O. The van der Waals surface area contributed by atoms with Gasteiger partial charge in [-0.3, -0.25) is 4.79 Å². The van der Waals surface area contributed by atoms with Crippen molar-refractivity contribution in [1.82, 2.24) is 0 Å². The second-order valence-electron chi connectivity index (χ2n) is 3.29. The Hall–Kier alpha value is -0.730. The van der Waals surface area contributed by atoms with Crippen molar-refractivity contribution in [3.05, 3.63) is 35.4 Å². The monoisotopic (exact) mass is 246 g/mol. The number of hydrogen-bond acceptors (Lipinski definition) is 1. The molecule has 2 unspecified atom stereocenters. The lowest BCUT2D eigenvalue weighted by Gasteiger charge is -2.29. The minimum absolute atomic E-state index is 0.337. The van der Waals surface area contributed by atoms with E-state index in [1.54, 1.807) is 24.3 Å². The Balaban J connectivity index is 3.09. The Bertz CT molecular complexity index is 344. The molecule has 1 aliphatic rings. The second-order valence-corrected chi connectivity index (χ2v) is 4.33. The third-order valence-electron chi connectivity index (χ3n) is 2.23. The lowest BCUT2D eigenvalue weighted by molar-refractivity contribution is -0.140. The zero-order valence-electron chi connectivity index (χ0n) is 8.28. The molecular weight excluding hydrogens is 235 g/mol. The molecule has 2 atom stereocenters. The Morgan fingerprint density at radius 1 is 1.73 bits per heavy atom. The van der Waals surface area contributed by atoms with Crippen LogP contribution in [0, 0.1) is 5.92 Å². The Morgan fingerprint density at radius 2 is 2.40 bits per heavy atom. The van der Waals surface area contributed by atoms with Crippen LogP contribution < -0.4 is 0 Å². The maximum absolute atomic E-state index is 11.0. The number of aliphatic carboxylic acids is 1. The third-order valence-corrected chi connectivity index (χ3v) is 3.33. The highest BCUT2D eigenvalue weighted by molar-refractivity contribution is 6.41. The summed E-state index contributed by atoms with van der Waals surface area (Å²) < 4.78 is 0. The Kier molecular flexibility index (Phi) is 4.00. The number of rotatable bonds is 3. The molecule has 15 heavy (non-hydrogen) atoms. The van der Waals surface area contributed by atoms with E-state index in [-0.39, 0.29) is 0 Å². The molecule has 0 fully saturated rings. The summed E-state index contributed by atoms with van der Waals surface area (Å²) in [5.74, 6) is -1.80. The molecule has 0 aliphatic heterocycles. The van der Waals surface area contributed by atoms with E-state index in [4.69, 9.17) is 28.3 Å². The van der Waals surface area contributed by atoms with Gasteiger partial charge in [0, 0.05) is 5.03 Å². The van der Waals surface area contributed by atoms with Crippen LogP contribution in [0.1, 0.15) is 13.3 Å². The Morgan fingerprint density at radius 3 is 2.93 bits per heavy atom. The van der Waals surface area contributed by atoms with E-state index in [0.717, 1.165) is 6.42 Å². The maximum Gasteiger partial charge on any atom is 0.312 e. The average Bonchev–Trinajstić information content (AvgIpc) is 2.19. The first-order chi connectivity index (χ1) is 7.02. The van der Waals surface area contributed by atoms with Crippen molar-refractivity contribution in [2.24, 2.45) is 5.92 Å². The predicted molar refractivity (Wildman–Crippen MR) is 62.2 cm³/mol. The van der Waals surface area contributed by atoms with E-state index >= 15 is 0 Å². The third kappa shape index (κ3) is 2.44. The first kappa shape index (κ1) is 12.3. The lowest BCUT2D eigenvalue weighted by Crippen LogP contribution is -2.36. The van der Waals surface area contributed by atoms with Gasteiger partial charge >= 0.3 is 5.97 Å². The van der Waals surface area contributed by atoms with Gasteiger partial charge in [-0.2, -0.15) is 0 Å².